The van der Waals surface area contributed by atoms with E-state index in [1.807, 2.05) is 18.2 Å². The number of rotatable bonds is 2. The molecule has 0 saturated carbocycles. The minimum absolute atomic E-state index is 0.210. The number of hydrogen-bond donors (Lipinski definition) is 1. The molecule has 3 nitrogen and oxygen atoms in total. The number of nitrogens with two attached hydrogens (primary N) is 1. The lowest BCUT2D eigenvalue weighted by molar-refractivity contribution is 0.0532. The maximum atomic E-state index is 6.04. The molecule has 1 aliphatic rings. The molecule has 2 rings (SSSR count). The third-order valence-electron chi connectivity index (χ3n) is 2.81. The van der Waals surface area contributed by atoms with Crippen molar-refractivity contribution in [3.8, 4) is 0 Å². The molecule has 17 heavy (non-hydrogen) atoms. The summed E-state index contributed by atoms with van der Waals surface area (Å²) in [7, 11) is 0. The Morgan fingerprint density at radius 3 is 3.00 bits per heavy atom. The molecule has 1 saturated heterocycles. The minimum Gasteiger partial charge on any atom is -0.389 e. The second kappa shape index (κ2) is 5.21. The number of hydrogen-bond acceptors (Lipinski definition) is 3. The van der Waals surface area contributed by atoms with Crippen LogP contribution in [0.15, 0.2) is 18.2 Å². The summed E-state index contributed by atoms with van der Waals surface area (Å²) < 4.78 is 5.52. The zero-order chi connectivity index (χ0) is 12.4. The molecule has 0 radical (unpaired) electrons. The molecule has 1 aromatic rings. The Morgan fingerprint density at radius 1 is 1.59 bits per heavy atom. The second-order valence-electron chi connectivity index (χ2n) is 4.15. The highest BCUT2D eigenvalue weighted by Crippen LogP contribution is 2.26. The lowest BCUT2D eigenvalue weighted by Gasteiger charge is -2.34. The van der Waals surface area contributed by atoms with Crippen LogP contribution >= 0.6 is 23.8 Å². The van der Waals surface area contributed by atoms with E-state index in [-0.39, 0.29) is 6.10 Å². The average Bonchev–Trinajstić information content (AvgIpc) is 2.28. The molecule has 0 bridgehead atoms. The predicted molar refractivity (Wildman–Crippen MR) is 75.0 cm³/mol. The Morgan fingerprint density at radius 2 is 2.35 bits per heavy atom. The van der Waals surface area contributed by atoms with Gasteiger partial charge in [0.1, 0.15) is 4.99 Å². The summed E-state index contributed by atoms with van der Waals surface area (Å²) in [6.07, 6.45) is 0.210. The van der Waals surface area contributed by atoms with E-state index >= 15 is 0 Å². The fourth-order valence-electron chi connectivity index (χ4n) is 2.01. The van der Waals surface area contributed by atoms with Crippen LogP contribution in [-0.2, 0) is 4.74 Å². The summed E-state index contributed by atoms with van der Waals surface area (Å²) in [6, 6.07) is 5.59. The lowest BCUT2D eigenvalue weighted by Crippen LogP contribution is -2.42. The van der Waals surface area contributed by atoms with E-state index in [2.05, 4.69) is 11.8 Å². The van der Waals surface area contributed by atoms with E-state index in [9.17, 15) is 0 Å². The Hall–Kier alpha value is -0.840. The number of halogens is 1. The van der Waals surface area contributed by atoms with E-state index in [1.54, 1.807) is 0 Å². The number of morpholine rings is 1. The average molecular weight is 271 g/mol. The van der Waals surface area contributed by atoms with Crippen LogP contribution in [0, 0.1) is 0 Å². The van der Waals surface area contributed by atoms with Crippen molar-refractivity contribution in [1.29, 1.82) is 0 Å². The monoisotopic (exact) mass is 270 g/mol. The van der Waals surface area contributed by atoms with Gasteiger partial charge in [0.05, 0.1) is 12.7 Å². The fourth-order valence-corrected chi connectivity index (χ4v) is 2.35. The van der Waals surface area contributed by atoms with Crippen LogP contribution in [0.4, 0.5) is 5.69 Å². The van der Waals surface area contributed by atoms with Gasteiger partial charge in [0.25, 0.3) is 0 Å². The van der Waals surface area contributed by atoms with E-state index in [0.29, 0.717) is 16.6 Å². The lowest BCUT2D eigenvalue weighted by atomic mass is 10.1. The van der Waals surface area contributed by atoms with Crippen LogP contribution in [0.5, 0.6) is 0 Å². The van der Waals surface area contributed by atoms with Crippen LogP contribution in [0.3, 0.4) is 0 Å². The van der Waals surface area contributed by atoms with Gasteiger partial charge in [0.2, 0.25) is 0 Å². The van der Waals surface area contributed by atoms with E-state index in [4.69, 9.17) is 34.3 Å². The first-order valence-corrected chi connectivity index (χ1v) is 6.32. The maximum absolute atomic E-state index is 6.04. The van der Waals surface area contributed by atoms with Gasteiger partial charge >= 0.3 is 0 Å². The van der Waals surface area contributed by atoms with Crippen LogP contribution in [0.1, 0.15) is 12.5 Å². The maximum Gasteiger partial charge on any atom is 0.106 e. The highest BCUT2D eigenvalue weighted by molar-refractivity contribution is 7.80. The summed E-state index contributed by atoms with van der Waals surface area (Å²) >= 11 is 11.1. The van der Waals surface area contributed by atoms with Gasteiger partial charge in [-0.2, -0.15) is 0 Å². The van der Waals surface area contributed by atoms with Gasteiger partial charge in [-0.1, -0.05) is 23.8 Å². The van der Waals surface area contributed by atoms with Crippen molar-refractivity contribution in [3.05, 3.63) is 28.8 Å². The standard InChI is InChI=1S/C12H15ClN2OS/c1-8-7-15(4-5-16-8)11-6-9(13)2-3-10(11)12(14)17/h2-3,6,8H,4-5,7H2,1H3,(H2,14,17). The van der Waals surface area contributed by atoms with Gasteiger partial charge in [-0.25, -0.2) is 0 Å². The van der Waals surface area contributed by atoms with Crippen LogP contribution in [0.25, 0.3) is 0 Å². The third kappa shape index (κ3) is 2.89. The number of nitrogens with zero attached hydrogens (tertiary/aromatic N) is 1. The Bertz CT molecular complexity index is 439. The largest absolute Gasteiger partial charge is 0.389 e. The molecular formula is C12H15ClN2OS. The molecule has 5 heteroatoms. The zero-order valence-corrected chi connectivity index (χ0v) is 11.2. The molecule has 1 heterocycles. The van der Waals surface area contributed by atoms with Crippen LogP contribution in [0.2, 0.25) is 5.02 Å². The molecule has 0 amide bonds. The zero-order valence-electron chi connectivity index (χ0n) is 9.65. The van der Waals surface area contributed by atoms with Gasteiger partial charge in [0.15, 0.2) is 0 Å². The topological polar surface area (TPSA) is 38.5 Å². The van der Waals surface area contributed by atoms with Gasteiger partial charge in [-0.05, 0) is 25.1 Å². The minimum atomic E-state index is 0.210. The van der Waals surface area contributed by atoms with Crippen LogP contribution < -0.4 is 10.6 Å². The Labute approximate surface area is 111 Å². The molecule has 0 aliphatic carbocycles. The van der Waals surface area contributed by atoms with Crippen molar-refractivity contribution in [2.45, 2.75) is 13.0 Å². The number of benzene rings is 1. The third-order valence-corrected chi connectivity index (χ3v) is 3.26. The molecule has 92 valence electrons. The fraction of sp³-hybridized carbons (Fsp3) is 0.417. The van der Waals surface area contributed by atoms with Crippen molar-refractivity contribution in [1.82, 2.24) is 0 Å². The van der Waals surface area contributed by atoms with Crippen LogP contribution in [-0.4, -0.2) is 30.8 Å². The SMILES string of the molecule is CC1CN(c2cc(Cl)ccc2C(N)=S)CCO1. The van der Waals surface area contributed by atoms with Crippen molar-refractivity contribution in [2.75, 3.05) is 24.6 Å². The highest BCUT2D eigenvalue weighted by atomic mass is 35.5. The first-order chi connectivity index (χ1) is 8.08. The summed E-state index contributed by atoms with van der Waals surface area (Å²) in [5.74, 6) is 0. The first kappa shape index (κ1) is 12.6. The quantitative estimate of drug-likeness (QED) is 0.837. The highest BCUT2D eigenvalue weighted by Gasteiger charge is 2.20. The molecule has 0 aromatic heterocycles. The van der Waals surface area contributed by atoms with Crippen molar-refractivity contribution in [2.24, 2.45) is 5.73 Å². The van der Waals surface area contributed by atoms with Gasteiger partial charge in [0, 0.05) is 29.4 Å². The van der Waals surface area contributed by atoms with Gasteiger partial charge in [-0.3, -0.25) is 0 Å². The molecular weight excluding hydrogens is 256 g/mol. The summed E-state index contributed by atoms with van der Waals surface area (Å²) in [5, 5.41) is 0.694. The molecule has 1 unspecified atom stereocenters. The summed E-state index contributed by atoms with van der Waals surface area (Å²) in [5.41, 5.74) is 7.61. The smallest absolute Gasteiger partial charge is 0.106 e. The van der Waals surface area contributed by atoms with Crippen molar-refractivity contribution < 1.29 is 4.74 Å². The number of ether oxygens (including phenoxy) is 1. The second-order valence-corrected chi connectivity index (χ2v) is 5.03. The van der Waals surface area contributed by atoms with E-state index < -0.39 is 0 Å². The van der Waals surface area contributed by atoms with Gasteiger partial charge in [-0.15, -0.1) is 0 Å². The number of thiocarbonyl (C=S) groups is 1. The summed E-state index contributed by atoms with van der Waals surface area (Å²) in [4.78, 5) is 2.62. The summed E-state index contributed by atoms with van der Waals surface area (Å²) in [6.45, 7) is 4.43. The molecule has 2 N–H and O–H groups in total. The van der Waals surface area contributed by atoms with Gasteiger partial charge < -0.3 is 15.4 Å². The molecule has 1 atom stereocenters. The van der Waals surface area contributed by atoms with E-state index in [0.717, 1.165) is 24.3 Å². The molecule has 1 fully saturated rings. The molecule has 1 aliphatic heterocycles. The normalized spacial score (nSPS) is 20.4. The van der Waals surface area contributed by atoms with E-state index in [1.165, 1.54) is 0 Å². The Kier molecular flexibility index (Phi) is 3.86. The first-order valence-electron chi connectivity index (χ1n) is 5.54. The number of anilines is 1. The molecule has 1 aromatic carbocycles. The Balaban J connectivity index is 2.35. The predicted octanol–water partition coefficient (Wildman–Crippen LogP) is 2.20. The van der Waals surface area contributed by atoms with Crippen molar-refractivity contribution >= 4 is 34.5 Å². The van der Waals surface area contributed by atoms with Crippen molar-refractivity contribution in [3.63, 3.8) is 0 Å². The molecule has 0 spiro atoms.